The Kier molecular flexibility index (Phi) is 3.33. The van der Waals surface area contributed by atoms with Crippen LogP contribution in [0.1, 0.15) is 18.2 Å². The number of rotatable bonds is 4. The Morgan fingerprint density at radius 2 is 2.40 bits per heavy atom. The van der Waals surface area contributed by atoms with Crippen LogP contribution in [0.5, 0.6) is 0 Å². The summed E-state index contributed by atoms with van der Waals surface area (Å²) >= 11 is 0. The van der Waals surface area contributed by atoms with E-state index in [9.17, 15) is 20.3 Å². The third-order valence-corrected chi connectivity index (χ3v) is 1.78. The van der Waals surface area contributed by atoms with Crippen molar-refractivity contribution in [2.75, 3.05) is 0 Å². The number of nitrogens with one attached hydrogen (secondary N) is 1. The first-order chi connectivity index (χ1) is 7.07. The highest BCUT2D eigenvalue weighted by atomic mass is 16.6. The van der Waals surface area contributed by atoms with Gasteiger partial charge in [-0.15, -0.1) is 0 Å². The van der Waals surface area contributed by atoms with E-state index in [2.05, 4.69) is 9.97 Å². The average Bonchev–Trinajstić information content (AvgIpc) is 2.65. The molecule has 1 aromatic rings. The first kappa shape index (κ1) is 11.1. The third kappa shape index (κ3) is 2.28. The van der Waals surface area contributed by atoms with E-state index in [1.54, 1.807) is 6.07 Å². The van der Waals surface area contributed by atoms with Gasteiger partial charge in [0.05, 0.1) is 18.6 Å². The Labute approximate surface area is 84.0 Å². The third-order valence-electron chi connectivity index (χ3n) is 1.78. The Morgan fingerprint density at radius 1 is 1.73 bits per heavy atom. The molecule has 0 radical (unpaired) electrons. The lowest BCUT2D eigenvalue weighted by atomic mass is 10.1. The standard InChI is InChI=1S/C7H8N4O4/c8-2-1-4(12)6(13)5-7(11(14)15)10-3-9-5/h3-4,6,12-13H,1H2,(H,9,10). The smallest absolute Gasteiger partial charge is 0.346 e. The van der Waals surface area contributed by atoms with Crippen LogP contribution < -0.4 is 0 Å². The van der Waals surface area contributed by atoms with Crippen molar-refractivity contribution in [2.45, 2.75) is 18.6 Å². The van der Waals surface area contributed by atoms with E-state index in [-0.39, 0.29) is 12.1 Å². The Bertz CT molecular complexity index is 396. The van der Waals surface area contributed by atoms with Gasteiger partial charge in [0.15, 0.2) is 12.0 Å². The van der Waals surface area contributed by atoms with Crippen LogP contribution in [0.2, 0.25) is 0 Å². The van der Waals surface area contributed by atoms with Gasteiger partial charge in [0.2, 0.25) is 0 Å². The maximum absolute atomic E-state index is 10.4. The first-order valence-electron chi connectivity index (χ1n) is 3.98. The highest BCUT2D eigenvalue weighted by Crippen LogP contribution is 2.24. The summed E-state index contributed by atoms with van der Waals surface area (Å²) in [5.74, 6) is -0.487. The van der Waals surface area contributed by atoms with Crippen molar-refractivity contribution in [2.24, 2.45) is 0 Å². The van der Waals surface area contributed by atoms with Gasteiger partial charge in [0, 0.05) is 0 Å². The second kappa shape index (κ2) is 4.50. The van der Waals surface area contributed by atoms with Crippen LogP contribution in [-0.2, 0) is 0 Å². The van der Waals surface area contributed by atoms with Gasteiger partial charge < -0.3 is 20.3 Å². The fourth-order valence-electron chi connectivity index (χ4n) is 1.05. The van der Waals surface area contributed by atoms with Crippen molar-refractivity contribution in [3.05, 3.63) is 22.1 Å². The molecule has 8 nitrogen and oxygen atoms in total. The highest BCUT2D eigenvalue weighted by Gasteiger charge is 2.28. The number of hydrogen-bond acceptors (Lipinski definition) is 6. The maximum atomic E-state index is 10.4. The van der Waals surface area contributed by atoms with Crippen LogP contribution in [-0.4, -0.2) is 31.2 Å². The molecule has 0 amide bonds. The van der Waals surface area contributed by atoms with Gasteiger partial charge >= 0.3 is 5.82 Å². The van der Waals surface area contributed by atoms with E-state index in [1.165, 1.54) is 0 Å². The maximum Gasteiger partial charge on any atom is 0.346 e. The van der Waals surface area contributed by atoms with E-state index in [1.807, 2.05) is 0 Å². The molecular weight excluding hydrogens is 204 g/mol. The molecule has 2 atom stereocenters. The van der Waals surface area contributed by atoms with Crippen LogP contribution in [0.3, 0.4) is 0 Å². The summed E-state index contributed by atoms with van der Waals surface area (Å²) < 4.78 is 0. The number of aliphatic hydroxyl groups excluding tert-OH is 2. The molecule has 0 saturated heterocycles. The van der Waals surface area contributed by atoms with Gasteiger partial charge in [-0.3, -0.25) is 0 Å². The summed E-state index contributed by atoms with van der Waals surface area (Å²) in [7, 11) is 0. The molecule has 2 unspecified atom stereocenters. The van der Waals surface area contributed by atoms with Gasteiger partial charge in [-0.2, -0.15) is 5.26 Å². The summed E-state index contributed by atoms with van der Waals surface area (Å²) in [6, 6.07) is 1.64. The van der Waals surface area contributed by atoms with Gasteiger partial charge in [-0.25, -0.2) is 9.97 Å². The van der Waals surface area contributed by atoms with E-state index < -0.39 is 22.9 Å². The lowest BCUT2D eigenvalue weighted by molar-refractivity contribution is -0.390. The Hall–Kier alpha value is -1.98. The van der Waals surface area contributed by atoms with Gasteiger partial charge in [-0.05, 0) is 4.92 Å². The van der Waals surface area contributed by atoms with Crippen LogP contribution in [0.15, 0.2) is 6.33 Å². The van der Waals surface area contributed by atoms with Crippen molar-refractivity contribution >= 4 is 5.82 Å². The molecule has 0 saturated carbocycles. The van der Waals surface area contributed by atoms with Gasteiger partial charge in [-0.1, -0.05) is 0 Å². The molecular formula is C7H8N4O4. The molecule has 0 spiro atoms. The van der Waals surface area contributed by atoms with E-state index >= 15 is 0 Å². The molecule has 80 valence electrons. The molecule has 0 aliphatic rings. The minimum atomic E-state index is -1.55. The minimum Gasteiger partial charge on any atom is -0.389 e. The topological polar surface area (TPSA) is 136 Å². The normalized spacial score (nSPS) is 14.2. The molecule has 8 heteroatoms. The fraction of sp³-hybridized carbons (Fsp3) is 0.429. The van der Waals surface area contributed by atoms with Crippen molar-refractivity contribution in [1.29, 1.82) is 5.26 Å². The molecule has 1 heterocycles. The molecule has 3 N–H and O–H groups in total. The van der Waals surface area contributed by atoms with Crippen LogP contribution in [0.4, 0.5) is 5.82 Å². The van der Waals surface area contributed by atoms with E-state index in [0.29, 0.717) is 0 Å². The van der Waals surface area contributed by atoms with E-state index in [0.717, 1.165) is 6.33 Å². The van der Waals surface area contributed by atoms with Gasteiger partial charge in [0.25, 0.3) is 0 Å². The second-order valence-corrected chi connectivity index (χ2v) is 2.77. The molecule has 0 aliphatic heterocycles. The predicted molar refractivity (Wildman–Crippen MR) is 46.4 cm³/mol. The van der Waals surface area contributed by atoms with Gasteiger partial charge in [0.1, 0.15) is 6.10 Å². The minimum absolute atomic E-state index is 0.275. The van der Waals surface area contributed by atoms with Crippen LogP contribution in [0.25, 0.3) is 0 Å². The molecule has 0 aromatic carbocycles. The number of imidazole rings is 1. The quantitative estimate of drug-likeness (QED) is 0.459. The number of aromatic amines is 1. The molecule has 0 fully saturated rings. The lowest BCUT2D eigenvalue weighted by Crippen LogP contribution is -2.18. The summed E-state index contributed by atoms with van der Waals surface area (Å²) in [6.45, 7) is 0. The number of nitrogens with zero attached hydrogens (tertiary/aromatic N) is 3. The van der Waals surface area contributed by atoms with Crippen molar-refractivity contribution in [3.8, 4) is 6.07 Å². The first-order valence-corrected chi connectivity index (χ1v) is 3.98. The van der Waals surface area contributed by atoms with Crippen molar-refractivity contribution < 1.29 is 15.1 Å². The second-order valence-electron chi connectivity index (χ2n) is 2.77. The molecule has 15 heavy (non-hydrogen) atoms. The zero-order valence-corrected chi connectivity index (χ0v) is 7.49. The predicted octanol–water partition coefficient (Wildman–Crippen LogP) is -0.374. The van der Waals surface area contributed by atoms with Crippen molar-refractivity contribution in [3.63, 3.8) is 0 Å². The molecule has 0 bridgehead atoms. The lowest BCUT2D eigenvalue weighted by Gasteiger charge is -2.11. The summed E-state index contributed by atoms with van der Waals surface area (Å²) in [4.78, 5) is 15.4. The SMILES string of the molecule is N#CCC(O)C(O)c1nc[nH]c1[N+](=O)[O-]. The molecule has 1 rings (SSSR count). The number of nitriles is 1. The summed E-state index contributed by atoms with van der Waals surface area (Å²) in [5, 5.41) is 37.4. The summed E-state index contributed by atoms with van der Waals surface area (Å²) in [6.07, 6.45) is -2.23. The Morgan fingerprint density at radius 3 is 2.93 bits per heavy atom. The number of aliphatic hydroxyl groups is 2. The number of nitro groups is 1. The monoisotopic (exact) mass is 212 g/mol. The number of hydrogen-bond donors (Lipinski definition) is 3. The van der Waals surface area contributed by atoms with Crippen LogP contribution in [0, 0.1) is 21.4 Å². The van der Waals surface area contributed by atoms with E-state index in [4.69, 9.17) is 5.26 Å². The number of H-pyrrole nitrogens is 1. The largest absolute Gasteiger partial charge is 0.389 e. The zero-order chi connectivity index (χ0) is 11.4. The highest BCUT2D eigenvalue weighted by molar-refractivity contribution is 5.28. The molecule has 0 aliphatic carbocycles. The zero-order valence-electron chi connectivity index (χ0n) is 7.49. The van der Waals surface area contributed by atoms with Crippen LogP contribution >= 0.6 is 0 Å². The van der Waals surface area contributed by atoms with Crippen molar-refractivity contribution in [1.82, 2.24) is 9.97 Å². The molecule has 1 aromatic heterocycles. The average molecular weight is 212 g/mol. The summed E-state index contributed by atoms with van der Waals surface area (Å²) in [5.41, 5.74) is -0.275. The number of aromatic nitrogens is 2. The Balaban J connectivity index is 2.91. The fourth-order valence-corrected chi connectivity index (χ4v) is 1.05.